The highest BCUT2D eigenvalue weighted by atomic mass is 16.2. The molecule has 1 saturated heterocycles. The molecule has 2 amide bonds. The fourth-order valence-electron chi connectivity index (χ4n) is 6.58. The lowest BCUT2D eigenvalue weighted by Crippen LogP contribution is -2.49. The Morgan fingerprint density at radius 2 is 1.51 bits per heavy atom. The Labute approximate surface area is 265 Å². The van der Waals surface area contributed by atoms with E-state index in [1.807, 2.05) is 53.4 Å². The van der Waals surface area contributed by atoms with E-state index in [1.54, 1.807) is 0 Å². The van der Waals surface area contributed by atoms with Gasteiger partial charge in [-0.3, -0.25) is 14.6 Å². The standard InChI is InChI=1S/C37H44N6O2/c38-35(44)24-31(23-26-17-18-27-10-7-8-15-30(27)22-26)33-19-21-43(36(45)34(42-33)16-9-20-41-37(39)40)25-32(28-11-3-1-4-12-28)29-13-5-2-6-14-29/h1-8,10-15,17-18,22,31-34,42H,9,16,19-21,23-25H2,(H2,38,44)(H4,39,40,41)/t31-,33-,34-/m0/s1. The van der Waals surface area contributed by atoms with Crippen molar-refractivity contribution in [1.82, 2.24) is 10.2 Å². The summed E-state index contributed by atoms with van der Waals surface area (Å²) >= 11 is 0. The lowest BCUT2D eigenvalue weighted by atomic mass is 9.86. The van der Waals surface area contributed by atoms with Crippen molar-refractivity contribution >= 4 is 28.5 Å². The summed E-state index contributed by atoms with van der Waals surface area (Å²) in [5.74, 6) is -0.292. The van der Waals surface area contributed by atoms with Gasteiger partial charge in [0.05, 0.1) is 6.04 Å². The third-order valence-corrected chi connectivity index (χ3v) is 8.83. The van der Waals surface area contributed by atoms with Crippen molar-refractivity contribution in [3.63, 3.8) is 0 Å². The zero-order valence-electron chi connectivity index (χ0n) is 25.7. The Morgan fingerprint density at radius 1 is 0.867 bits per heavy atom. The van der Waals surface area contributed by atoms with Crippen molar-refractivity contribution in [2.75, 3.05) is 19.6 Å². The molecule has 4 aromatic carbocycles. The van der Waals surface area contributed by atoms with Crippen LogP contribution in [0.25, 0.3) is 10.8 Å². The van der Waals surface area contributed by atoms with Crippen LogP contribution in [0.1, 0.15) is 48.3 Å². The summed E-state index contributed by atoms with van der Waals surface area (Å²) in [6, 6.07) is 34.9. The largest absolute Gasteiger partial charge is 0.370 e. The van der Waals surface area contributed by atoms with Gasteiger partial charge < -0.3 is 27.4 Å². The molecule has 1 fully saturated rings. The van der Waals surface area contributed by atoms with Crippen LogP contribution in [-0.4, -0.2) is 54.4 Å². The predicted octanol–water partition coefficient (Wildman–Crippen LogP) is 4.32. The van der Waals surface area contributed by atoms with E-state index in [0.717, 1.165) is 22.1 Å². The van der Waals surface area contributed by atoms with Crippen LogP contribution in [0.3, 0.4) is 0 Å². The molecule has 0 spiro atoms. The first-order valence-electron chi connectivity index (χ1n) is 15.8. The maximum Gasteiger partial charge on any atom is 0.239 e. The van der Waals surface area contributed by atoms with Crippen LogP contribution < -0.4 is 22.5 Å². The zero-order valence-corrected chi connectivity index (χ0v) is 25.7. The summed E-state index contributed by atoms with van der Waals surface area (Å²) < 4.78 is 0. The molecular formula is C37H44N6O2. The number of carbonyl (C=O) groups excluding carboxylic acids is 2. The average molecular weight is 605 g/mol. The number of guanidine groups is 1. The van der Waals surface area contributed by atoms with Crippen molar-refractivity contribution in [3.8, 4) is 0 Å². The zero-order chi connectivity index (χ0) is 31.6. The second-order valence-electron chi connectivity index (χ2n) is 12.0. The number of nitrogens with zero attached hydrogens (tertiary/aromatic N) is 2. The van der Waals surface area contributed by atoms with E-state index in [0.29, 0.717) is 45.3 Å². The minimum atomic E-state index is -0.439. The number of nitrogens with two attached hydrogens (primary N) is 3. The SMILES string of the molecule is NC(=O)C[C@H](Cc1ccc2ccccc2c1)[C@@H]1CCN(CC(c2ccccc2)c2ccccc2)C(=O)[C@H](CCCN=C(N)N)N1. The number of primary amides is 1. The molecular weight excluding hydrogens is 560 g/mol. The molecule has 8 nitrogen and oxygen atoms in total. The molecule has 3 atom stereocenters. The molecule has 0 saturated carbocycles. The van der Waals surface area contributed by atoms with Gasteiger partial charge in [-0.15, -0.1) is 0 Å². The molecule has 8 heteroatoms. The van der Waals surface area contributed by atoms with E-state index in [1.165, 1.54) is 5.39 Å². The molecule has 0 bridgehead atoms. The molecule has 0 aromatic heterocycles. The third kappa shape index (κ3) is 8.70. The lowest BCUT2D eigenvalue weighted by molar-refractivity contribution is -0.133. The summed E-state index contributed by atoms with van der Waals surface area (Å²) in [6.45, 7) is 1.57. The van der Waals surface area contributed by atoms with Crippen LogP contribution >= 0.6 is 0 Å². The van der Waals surface area contributed by atoms with Crippen LogP contribution in [0.4, 0.5) is 0 Å². The second kappa shape index (κ2) is 15.3. The summed E-state index contributed by atoms with van der Waals surface area (Å²) in [5.41, 5.74) is 20.4. The van der Waals surface area contributed by atoms with Crippen LogP contribution in [-0.2, 0) is 16.0 Å². The van der Waals surface area contributed by atoms with Gasteiger partial charge in [0.25, 0.3) is 0 Å². The number of fused-ring (bicyclic) bond motifs is 1. The van der Waals surface area contributed by atoms with Crippen LogP contribution in [0.15, 0.2) is 108 Å². The van der Waals surface area contributed by atoms with E-state index in [9.17, 15) is 9.59 Å². The first-order valence-corrected chi connectivity index (χ1v) is 15.8. The molecule has 1 aliphatic rings. The Kier molecular flexibility index (Phi) is 10.8. The normalized spacial score (nSPS) is 17.6. The van der Waals surface area contributed by atoms with Crippen LogP contribution in [0.5, 0.6) is 0 Å². The molecule has 7 N–H and O–H groups in total. The fourth-order valence-corrected chi connectivity index (χ4v) is 6.58. The smallest absolute Gasteiger partial charge is 0.239 e. The Balaban J connectivity index is 1.42. The van der Waals surface area contributed by atoms with Crippen LogP contribution in [0, 0.1) is 5.92 Å². The lowest BCUT2D eigenvalue weighted by Gasteiger charge is -2.29. The van der Waals surface area contributed by atoms with Gasteiger partial charge in [-0.1, -0.05) is 103 Å². The minimum absolute atomic E-state index is 0.0224. The maximum absolute atomic E-state index is 14.3. The number of rotatable bonds is 13. The number of hydrogen-bond acceptors (Lipinski definition) is 4. The molecule has 5 rings (SSSR count). The molecule has 4 aromatic rings. The monoisotopic (exact) mass is 604 g/mol. The summed E-state index contributed by atoms with van der Waals surface area (Å²) in [4.78, 5) is 32.8. The number of benzene rings is 4. The number of nitrogens with one attached hydrogen (secondary N) is 1. The van der Waals surface area contributed by atoms with Gasteiger partial charge in [0.2, 0.25) is 11.8 Å². The molecule has 45 heavy (non-hydrogen) atoms. The highest BCUT2D eigenvalue weighted by Gasteiger charge is 2.35. The Morgan fingerprint density at radius 3 is 2.16 bits per heavy atom. The number of hydrogen-bond donors (Lipinski definition) is 4. The van der Waals surface area contributed by atoms with Crippen molar-refractivity contribution in [1.29, 1.82) is 0 Å². The van der Waals surface area contributed by atoms with Crippen molar-refractivity contribution in [3.05, 3.63) is 120 Å². The van der Waals surface area contributed by atoms with Gasteiger partial charge in [-0.05, 0) is 59.1 Å². The third-order valence-electron chi connectivity index (χ3n) is 8.83. The molecule has 0 radical (unpaired) electrons. The van der Waals surface area contributed by atoms with Gasteiger partial charge in [0, 0.05) is 38.0 Å². The van der Waals surface area contributed by atoms with Gasteiger partial charge in [0.1, 0.15) is 0 Å². The van der Waals surface area contributed by atoms with E-state index in [-0.39, 0.29) is 42.1 Å². The Bertz CT molecular complexity index is 1550. The van der Waals surface area contributed by atoms with Gasteiger partial charge in [0.15, 0.2) is 5.96 Å². The van der Waals surface area contributed by atoms with Gasteiger partial charge in [-0.25, -0.2) is 0 Å². The first kappa shape index (κ1) is 31.7. The van der Waals surface area contributed by atoms with E-state index < -0.39 is 6.04 Å². The predicted molar refractivity (Wildman–Crippen MR) is 181 cm³/mol. The maximum atomic E-state index is 14.3. The van der Waals surface area contributed by atoms with Crippen molar-refractivity contribution in [2.24, 2.45) is 28.1 Å². The van der Waals surface area contributed by atoms with E-state index in [2.05, 4.69) is 64.9 Å². The fraction of sp³-hybridized carbons (Fsp3) is 0.324. The highest BCUT2D eigenvalue weighted by molar-refractivity contribution is 5.83. The first-order chi connectivity index (χ1) is 21.9. The second-order valence-corrected chi connectivity index (χ2v) is 12.0. The van der Waals surface area contributed by atoms with Crippen LogP contribution in [0.2, 0.25) is 0 Å². The molecule has 0 unspecified atom stereocenters. The Hall–Kier alpha value is -4.69. The number of amides is 2. The number of aliphatic imine (C=N–C) groups is 1. The highest BCUT2D eigenvalue weighted by Crippen LogP contribution is 2.29. The van der Waals surface area contributed by atoms with Crippen molar-refractivity contribution < 1.29 is 9.59 Å². The molecule has 0 aliphatic carbocycles. The summed E-state index contributed by atoms with van der Waals surface area (Å²) in [7, 11) is 0. The van der Waals surface area contributed by atoms with E-state index in [4.69, 9.17) is 17.2 Å². The number of carbonyl (C=O) groups is 2. The minimum Gasteiger partial charge on any atom is -0.370 e. The van der Waals surface area contributed by atoms with Gasteiger partial charge >= 0.3 is 0 Å². The van der Waals surface area contributed by atoms with E-state index >= 15 is 0 Å². The molecule has 1 aliphatic heterocycles. The molecule has 1 heterocycles. The molecule has 234 valence electrons. The van der Waals surface area contributed by atoms with Gasteiger partial charge in [-0.2, -0.15) is 0 Å². The van der Waals surface area contributed by atoms with Crippen molar-refractivity contribution in [2.45, 2.75) is 50.1 Å². The quantitative estimate of drug-likeness (QED) is 0.102. The summed E-state index contributed by atoms with van der Waals surface area (Å²) in [6.07, 6.45) is 2.84. The average Bonchev–Trinajstić information content (AvgIpc) is 3.20. The summed E-state index contributed by atoms with van der Waals surface area (Å²) in [5, 5.41) is 6.02. The topological polar surface area (TPSA) is 140 Å².